The predicted molar refractivity (Wildman–Crippen MR) is 133 cm³/mol. The summed E-state index contributed by atoms with van der Waals surface area (Å²) in [6.07, 6.45) is 6.38. The number of anilines is 1. The molecule has 1 aliphatic carbocycles. The Kier molecular flexibility index (Phi) is 8.26. The first-order chi connectivity index (χ1) is 15.2. The van der Waals surface area contributed by atoms with Crippen molar-refractivity contribution < 1.29 is 9.18 Å². The Morgan fingerprint density at radius 1 is 1.31 bits per heavy atom. The lowest BCUT2D eigenvalue weighted by Crippen LogP contribution is -2.30. The molecular formula is C27H37FN2OS. The molecule has 3 rings (SSSR count). The Balaban J connectivity index is 1.95. The predicted octanol–water partition coefficient (Wildman–Crippen LogP) is 7.67. The van der Waals surface area contributed by atoms with Gasteiger partial charge in [-0.25, -0.2) is 9.37 Å². The van der Waals surface area contributed by atoms with E-state index in [1.807, 2.05) is 13.0 Å². The number of nitrogens with one attached hydrogen (secondary N) is 1. The maximum absolute atomic E-state index is 14.3. The highest BCUT2D eigenvalue weighted by Crippen LogP contribution is 2.44. The Morgan fingerprint density at radius 3 is 2.72 bits per heavy atom. The number of hydrogen-bond donors (Lipinski definition) is 1. The first-order valence-corrected chi connectivity index (χ1v) is 12.8. The molecule has 0 aliphatic heterocycles. The molecule has 4 atom stereocenters. The highest BCUT2D eigenvalue weighted by Gasteiger charge is 2.34. The second kappa shape index (κ2) is 10.7. The van der Waals surface area contributed by atoms with E-state index in [-0.39, 0.29) is 11.7 Å². The molecule has 0 spiro atoms. The van der Waals surface area contributed by atoms with Crippen molar-refractivity contribution in [3.63, 3.8) is 0 Å². The first-order valence-electron chi connectivity index (χ1n) is 12.0. The van der Waals surface area contributed by atoms with Gasteiger partial charge in [-0.15, -0.1) is 11.3 Å². The van der Waals surface area contributed by atoms with Crippen LogP contribution in [0.25, 0.3) is 11.3 Å². The summed E-state index contributed by atoms with van der Waals surface area (Å²) in [5.41, 5.74) is 3.92. The standard InChI is InChI=1S/C27H37FN2OS/c1-7-17(4)23-10-9-16(3)11-24(23)18(5)12-25-26(30-27(32-25)29-19(6)31)21-13-20(8-2)14-22(28)15-21/h13-16,18,23-24H,4,7-12H2,1-3,5-6H3,(H,29,30,31)/t16-,18?,23+,24?/m1/s1. The molecule has 1 aromatic heterocycles. The van der Waals surface area contributed by atoms with Gasteiger partial charge < -0.3 is 5.32 Å². The zero-order valence-electron chi connectivity index (χ0n) is 20.1. The van der Waals surface area contributed by atoms with Crippen molar-refractivity contribution in [3.8, 4) is 11.3 Å². The zero-order valence-corrected chi connectivity index (χ0v) is 20.9. The van der Waals surface area contributed by atoms with Gasteiger partial charge in [-0.1, -0.05) is 46.3 Å². The topological polar surface area (TPSA) is 42.0 Å². The van der Waals surface area contributed by atoms with Crippen molar-refractivity contribution in [2.75, 3.05) is 5.32 Å². The molecule has 2 aromatic rings. The normalized spacial score (nSPS) is 21.9. The number of carbonyl (C=O) groups excluding carboxylic acids is 1. The maximum Gasteiger partial charge on any atom is 0.223 e. The number of benzene rings is 1. The van der Waals surface area contributed by atoms with E-state index in [2.05, 4.69) is 32.7 Å². The third-order valence-electron chi connectivity index (χ3n) is 7.00. The number of aryl methyl sites for hydroxylation is 1. The summed E-state index contributed by atoms with van der Waals surface area (Å²) in [5.74, 6) is 1.96. The van der Waals surface area contributed by atoms with Crippen molar-refractivity contribution in [2.24, 2.45) is 23.7 Å². The van der Waals surface area contributed by atoms with Crippen LogP contribution in [-0.2, 0) is 17.6 Å². The molecule has 32 heavy (non-hydrogen) atoms. The Morgan fingerprint density at radius 2 is 2.06 bits per heavy atom. The van der Waals surface area contributed by atoms with Crippen molar-refractivity contribution in [1.82, 2.24) is 4.98 Å². The molecule has 1 amide bonds. The molecule has 3 nitrogen and oxygen atoms in total. The van der Waals surface area contributed by atoms with Gasteiger partial charge in [0.15, 0.2) is 5.13 Å². The highest BCUT2D eigenvalue weighted by molar-refractivity contribution is 7.16. The van der Waals surface area contributed by atoms with E-state index in [1.165, 1.54) is 43.1 Å². The van der Waals surface area contributed by atoms with Crippen LogP contribution in [0.15, 0.2) is 30.4 Å². The van der Waals surface area contributed by atoms with Gasteiger partial charge >= 0.3 is 0 Å². The molecule has 0 bridgehead atoms. The molecular weight excluding hydrogens is 419 g/mol. The van der Waals surface area contributed by atoms with Crippen LogP contribution in [0.4, 0.5) is 9.52 Å². The third-order valence-corrected chi connectivity index (χ3v) is 7.99. The molecule has 1 aliphatic rings. The van der Waals surface area contributed by atoms with E-state index in [9.17, 15) is 9.18 Å². The van der Waals surface area contributed by atoms with E-state index in [0.717, 1.165) is 46.9 Å². The van der Waals surface area contributed by atoms with Gasteiger partial charge in [0.05, 0.1) is 5.69 Å². The summed E-state index contributed by atoms with van der Waals surface area (Å²) in [7, 11) is 0. The van der Waals surface area contributed by atoms with Crippen LogP contribution in [0.5, 0.6) is 0 Å². The number of aromatic nitrogens is 1. The summed E-state index contributed by atoms with van der Waals surface area (Å²) < 4.78 is 14.3. The number of rotatable bonds is 8. The van der Waals surface area contributed by atoms with Gasteiger partial charge in [0.2, 0.25) is 5.91 Å². The monoisotopic (exact) mass is 456 g/mol. The Bertz CT molecular complexity index is 967. The van der Waals surface area contributed by atoms with Crippen molar-refractivity contribution in [2.45, 2.75) is 73.1 Å². The average molecular weight is 457 g/mol. The number of thiazole rings is 1. The first kappa shape index (κ1) is 24.6. The summed E-state index contributed by atoms with van der Waals surface area (Å²) >= 11 is 1.52. The van der Waals surface area contributed by atoms with E-state index in [0.29, 0.717) is 22.9 Å². The number of allylic oxidation sites excluding steroid dienone is 1. The number of hydrogen-bond acceptors (Lipinski definition) is 3. The van der Waals surface area contributed by atoms with Crippen LogP contribution in [0.2, 0.25) is 0 Å². The van der Waals surface area contributed by atoms with Crippen LogP contribution in [-0.4, -0.2) is 10.9 Å². The molecule has 2 unspecified atom stereocenters. The number of carbonyl (C=O) groups is 1. The van der Waals surface area contributed by atoms with Crippen LogP contribution < -0.4 is 5.32 Å². The minimum Gasteiger partial charge on any atom is -0.302 e. The molecule has 1 N–H and O–H groups in total. The molecule has 5 heteroatoms. The summed E-state index contributed by atoms with van der Waals surface area (Å²) in [5, 5.41) is 3.42. The fourth-order valence-corrected chi connectivity index (χ4v) is 6.35. The van der Waals surface area contributed by atoms with Gasteiger partial charge in [-0.3, -0.25) is 4.79 Å². The van der Waals surface area contributed by atoms with Gasteiger partial charge in [0.25, 0.3) is 0 Å². The molecule has 1 aromatic carbocycles. The highest BCUT2D eigenvalue weighted by atomic mass is 32.1. The van der Waals surface area contributed by atoms with E-state index in [1.54, 1.807) is 12.1 Å². The number of amides is 1. The summed E-state index contributed by atoms with van der Waals surface area (Å²) in [4.78, 5) is 17.5. The van der Waals surface area contributed by atoms with E-state index >= 15 is 0 Å². The van der Waals surface area contributed by atoms with Crippen LogP contribution in [0, 0.1) is 29.5 Å². The average Bonchev–Trinajstić information content (AvgIpc) is 3.13. The second-order valence-corrected chi connectivity index (χ2v) is 10.6. The lowest BCUT2D eigenvalue weighted by molar-refractivity contribution is -0.114. The summed E-state index contributed by atoms with van der Waals surface area (Å²) in [6, 6.07) is 5.16. The lowest BCUT2D eigenvalue weighted by Gasteiger charge is -2.39. The van der Waals surface area contributed by atoms with E-state index in [4.69, 9.17) is 4.98 Å². The quantitative estimate of drug-likeness (QED) is 0.414. The molecule has 0 saturated heterocycles. The van der Waals surface area contributed by atoms with Gasteiger partial charge in [0.1, 0.15) is 5.82 Å². The number of nitrogens with zero attached hydrogens (tertiary/aromatic N) is 1. The van der Waals surface area contributed by atoms with Crippen molar-refractivity contribution in [1.29, 1.82) is 0 Å². The smallest absolute Gasteiger partial charge is 0.223 e. The lowest BCUT2D eigenvalue weighted by atomic mass is 9.66. The molecule has 0 radical (unpaired) electrons. The molecule has 1 fully saturated rings. The fourth-order valence-electron chi connectivity index (χ4n) is 5.18. The van der Waals surface area contributed by atoms with Gasteiger partial charge in [-0.05, 0) is 79.5 Å². The third kappa shape index (κ3) is 5.86. The fraction of sp³-hybridized carbons (Fsp3) is 0.556. The Hall–Kier alpha value is -2.01. The zero-order chi connectivity index (χ0) is 23.4. The molecule has 1 heterocycles. The largest absolute Gasteiger partial charge is 0.302 e. The molecule has 174 valence electrons. The van der Waals surface area contributed by atoms with Crippen LogP contribution >= 0.6 is 11.3 Å². The SMILES string of the molecule is C=C(CC)[C@@H]1CC[C@@H](C)CC1C(C)Cc1sc(NC(C)=O)nc1-c1cc(F)cc(CC)c1. The molecule has 1 saturated carbocycles. The van der Waals surface area contributed by atoms with Gasteiger partial charge in [0, 0.05) is 17.4 Å². The van der Waals surface area contributed by atoms with E-state index < -0.39 is 0 Å². The van der Waals surface area contributed by atoms with Crippen LogP contribution in [0.1, 0.15) is 70.7 Å². The second-order valence-electron chi connectivity index (χ2n) is 9.56. The minimum atomic E-state index is -0.243. The number of halogens is 1. The van der Waals surface area contributed by atoms with Gasteiger partial charge in [-0.2, -0.15) is 0 Å². The van der Waals surface area contributed by atoms with Crippen molar-refractivity contribution in [3.05, 3.63) is 46.6 Å². The van der Waals surface area contributed by atoms with Crippen molar-refractivity contribution >= 4 is 22.4 Å². The van der Waals surface area contributed by atoms with Crippen LogP contribution in [0.3, 0.4) is 0 Å². The summed E-state index contributed by atoms with van der Waals surface area (Å²) in [6.45, 7) is 14.8. The maximum atomic E-state index is 14.3. The Labute approximate surface area is 196 Å². The minimum absolute atomic E-state index is 0.140.